The van der Waals surface area contributed by atoms with Crippen LogP contribution in [0.3, 0.4) is 0 Å². The molecule has 3 aromatic heterocycles. The lowest BCUT2D eigenvalue weighted by Gasteiger charge is -2.20. The molecule has 11 nitrogen and oxygen atoms in total. The average Bonchev–Trinajstić information content (AvgIpc) is 3.40. The standard InChI is InChI=1S/C30H32FN7O4/c1-30(2,3)19-13-18-16-32-38(29(42)27(18)22(31)14-19)25-8-5-7-20(21(25)17-40)23-15-24(28(41)36(4)34-23)33-26-9-11-37(35-26)10-6-12-39/h5,7-9,11,13-16,39-40H,6,10,12,17H2,1-4H3,(H,33,35). The highest BCUT2D eigenvalue weighted by Gasteiger charge is 2.21. The van der Waals surface area contributed by atoms with Crippen molar-refractivity contribution in [3.8, 4) is 16.9 Å². The Balaban J connectivity index is 1.59. The molecular weight excluding hydrogens is 541 g/mol. The van der Waals surface area contributed by atoms with Gasteiger partial charge in [0.15, 0.2) is 5.82 Å². The van der Waals surface area contributed by atoms with Crippen molar-refractivity contribution in [1.82, 2.24) is 29.3 Å². The first kappa shape index (κ1) is 28.8. The second kappa shape index (κ2) is 11.3. The molecule has 3 heterocycles. The summed E-state index contributed by atoms with van der Waals surface area (Å²) in [6, 6.07) is 11.4. The van der Waals surface area contributed by atoms with E-state index in [1.165, 1.54) is 25.4 Å². The minimum Gasteiger partial charge on any atom is -0.396 e. The van der Waals surface area contributed by atoms with Gasteiger partial charge in [0.1, 0.15) is 11.5 Å². The van der Waals surface area contributed by atoms with Crippen molar-refractivity contribution in [2.45, 2.75) is 45.8 Å². The van der Waals surface area contributed by atoms with Crippen molar-refractivity contribution >= 4 is 22.3 Å². The number of aliphatic hydroxyl groups excluding tert-OH is 2. The predicted octanol–water partition coefficient (Wildman–Crippen LogP) is 3.40. The Morgan fingerprint density at radius 1 is 1.02 bits per heavy atom. The lowest BCUT2D eigenvalue weighted by Crippen LogP contribution is -2.24. The van der Waals surface area contributed by atoms with Crippen molar-refractivity contribution in [3.05, 3.63) is 92.5 Å². The summed E-state index contributed by atoms with van der Waals surface area (Å²) < 4.78 is 19.2. The number of aromatic nitrogens is 6. The second-order valence-corrected chi connectivity index (χ2v) is 11.0. The molecule has 0 fully saturated rings. The molecule has 0 amide bonds. The first-order chi connectivity index (χ1) is 20.0. The number of hydrogen-bond acceptors (Lipinski definition) is 8. The molecule has 5 aromatic rings. The molecule has 2 aromatic carbocycles. The summed E-state index contributed by atoms with van der Waals surface area (Å²) in [7, 11) is 1.50. The molecule has 0 unspecified atom stereocenters. The zero-order valence-electron chi connectivity index (χ0n) is 23.8. The number of halogens is 1. The van der Waals surface area contributed by atoms with Gasteiger partial charge in [-0.05, 0) is 41.7 Å². The maximum absolute atomic E-state index is 15.3. The molecule has 0 aliphatic rings. The van der Waals surface area contributed by atoms with Crippen molar-refractivity contribution < 1.29 is 14.6 Å². The van der Waals surface area contributed by atoms with Crippen molar-refractivity contribution in [2.75, 3.05) is 11.9 Å². The van der Waals surface area contributed by atoms with Gasteiger partial charge in [0.25, 0.3) is 11.1 Å². The largest absolute Gasteiger partial charge is 0.396 e. The molecule has 0 saturated carbocycles. The van der Waals surface area contributed by atoms with Gasteiger partial charge in [-0.1, -0.05) is 32.9 Å². The van der Waals surface area contributed by atoms with E-state index in [4.69, 9.17) is 5.11 Å². The van der Waals surface area contributed by atoms with Crippen molar-refractivity contribution in [1.29, 1.82) is 0 Å². The Morgan fingerprint density at radius 3 is 2.52 bits per heavy atom. The molecule has 0 spiro atoms. The quantitative estimate of drug-likeness (QED) is 0.257. The van der Waals surface area contributed by atoms with E-state index in [9.17, 15) is 14.7 Å². The van der Waals surface area contributed by atoms with Gasteiger partial charge in [-0.25, -0.2) is 9.07 Å². The van der Waals surface area contributed by atoms with Gasteiger partial charge in [0.2, 0.25) is 0 Å². The number of rotatable bonds is 8. The van der Waals surface area contributed by atoms with Gasteiger partial charge in [-0.15, -0.1) is 0 Å². The fourth-order valence-electron chi connectivity index (χ4n) is 4.77. The highest BCUT2D eigenvalue weighted by molar-refractivity contribution is 5.83. The van der Waals surface area contributed by atoms with E-state index in [0.717, 1.165) is 14.9 Å². The molecule has 0 bridgehead atoms. The fraction of sp³-hybridized carbons (Fsp3) is 0.300. The summed E-state index contributed by atoms with van der Waals surface area (Å²) >= 11 is 0. The number of aryl methyl sites for hydroxylation is 2. The van der Waals surface area contributed by atoms with E-state index >= 15 is 4.39 Å². The summed E-state index contributed by atoms with van der Waals surface area (Å²) in [5.74, 6) is -0.212. The monoisotopic (exact) mass is 573 g/mol. The molecule has 3 N–H and O–H groups in total. The number of anilines is 2. The van der Waals surface area contributed by atoms with Crippen LogP contribution in [0.5, 0.6) is 0 Å². The summed E-state index contributed by atoms with van der Waals surface area (Å²) in [6.07, 6.45) is 3.72. The Bertz CT molecular complexity index is 1900. The van der Waals surface area contributed by atoms with Gasteiger partial charge < -0.3 is 15.5 Å². The summed E-state index contributed by atoms with van der Waals surface area (Å²) in [4.78, 5) is 26.4. The molecule has 0 saturated heterocycles. The second-order valence-electron chi connectivity index (χ2n) is 11.0. The van der Waals surface area contributed by atoms with E-state index < -0.39 is 23.5 Å². The highest BCUT2D eigenvalue weighted by Crippen LogP contribution is 2.30. The summed E-state index contributed by atoms with van der Waals surface area (Å²) in [5, 5.41) is 35.9. The van der Waals surface area contributed by atoms with E-state index in [-0.39, 0.29) is 28.8 Å². The fourth-order valence-corrected chi connectivity index (χ4v) is 4.77. The number of fused-ring (bicyclic) bond motifs is 1. The number of nitrogens with zero attached hydrogens (tertiary/aromatic N) is 6. The van der Waals surface area contributed by atoms with Crippen LogP contribution in [-0.4, -0.2) is 46.2 Å². The lowest BCUT2D eigenvalue weighted by molar-refractivity contribution is 0.277. The van der Waals surface area contributed by atoms with Crippen LogP contribution in [-0.2, 0) is 25.6 Å². The molecule has 0 radical (unpaired) electrons. The van der Waals surface area contributed by atoms with Crippen LogP contribution in [0.1, 0.15) is 38.3 Å². The number of hydrogen-bond donors (Lipinski definition) is 3. The normalized spacial score (nSPS) is 11.8. The zero-order valence-corrected chi connectivity index (χ0v) is 23.8. The molecular formula is C30H32FN7O4. The van der Waals surface area contributed by atoms with Crippen molar-refractivity contribution in [3.63, 3.8) is 0 Å². The number of nitrogens with one attached hydrogen (secondary N) is 1. The first-order valence-corrected chi connectivity index (χ1v) is 13.5. The molecule has 0 aliphatic carbocycles. The molecule has 0 aliphatic heterocycles. The van der Waals surface area contributed by atoms with Crippen LogP contribution < -0.4 is 16.4 Å². The van der Waals surface area contributed by atoms with Gasteiger partial charge in [0.05, 0.1) is 29.6 Å². The number of aliphatic hydroxyl groups is 2. The van der Waals surface area contributed by atoms with Gasteiger partial charge in [-0.2, -0.15) is 20.0 Å². The maximum atomic E-state index is 15.3. The molecule has 218 valence electrons. The lowest BCUT2D eigenvalue weighted by atomic mass is 9.86. The van der Waals surface area contributed by atoms with E-state index in [0.29, 0.717) is 41.0 Å². The third-order valence-electron chi connectivity index (χ3n) is 7.03. The summed E-state index contributed by atoms with van der Waals surface area (Å²) in [6.45, 7) is 5.96. The number of benzene rings is 2. The zero-order chi connectivity index (χ0) is 30.2. The van der Waals surface area contributed by atoms with Gasteiger partial charge in [-0.3, -0.25) is 14.3 Å². The summed E-state index contributed by atoms with van der Waals surface area (Å²) in [5.41, 5.74) is 0.942. The third kappa shape index (κ3) is 5.46. The first-order valence-electron chi connectivity index (χ1n) is 13.5. The molecule has 0 atom stereocenters. The van der Waals surface area contributed by atoms with Crippen LogP contribution in [0.2, 0.25) is 0 Å². The predicted molar refractivity (Wildman–Crippen MR) is 158 cm³/mol. The van der Waals surface area contributed by atoms with E-state index in [1.807, 2.05) is 20.8 Å². The van der Waals surface area contributed by atoms with E-state index in [1.54, 1.807) is 41.2 Å². The van der Waals surface area contributed by atoms with Gasteiger partial charge in [0, 0.05) is 49.0 Å². The SMILES string of the molecule is Cn1nc(-c2cccc(-n3ncc4cc(C(C)(C)C)cc(F)c4c3=O)c2CO)cc(Nc2ccn(CCCO)n2)c1=O. The highest BCUT2D eigenvalue weighted by atomic mass is 19.1. The Labute approximate surface area is 240 Å². The molecule has 42 heavy (non-hydrogen) atoms. The van der Waals surface area contributed by atoms with Crippen LogP contribution in [0.25, 0.3) is 27.7 Å². The molecule has 12 heteroatoms. The van der Waals surface area contributed by atoms with E-state index in [2.05, 4.69) is 20.6 Å². The van der Waals surface area contributed by atoms with Crippen LogP contribution in [0.15, 0.2) is 64.4 Å². The Hall–Kier alpha value is -4.68. The van der Waals surface area contributed by atoms with Crippen LogP contribution >= 0.6 is 0 Å². The average molecular weight is 574 g/mol. The minimum atomic E-state index is -0.662. The van der Waals surface area contributed by atoms with Crippen LogP contribution in [0.4, 0.5) is 15.9 Å². The Kier molecular flexibility index (Phi) is 7.76. The third-order valence-corrected chi connectivity index (χ3v) is 7.03. The van der Waals surface area contributed by atoms with Crippen LogP contribution in [0, 0.1) is 5.82 Å². The smallest absolute Gasteiger partial charge is 0.290 e. The topological polar surface area (TPSA) is 140 Å². The Morgan fingerprint density at radius 2 is 1.81 bits per heavy atom. The van der Waals surface area contributed by atoms with Gasteiger partial charge >= 0.3 is 0 Å². The molecule has 5 rings (SSSR count). The minimum absolute atomic E-state index is 0.0387. The van der Waals surface area contributed by atoms with Crippen molar-refractivity contribution in [2.24, 2.45) is 7.05 Å². The maximum Gasteiger partial charge on any atom is 0.290 e.